The van der Waals surface area contributed by atoms with Crippen molar-refractivity contribution in [1.82, 2.24) is 19.5 Å². The van der Waals surface area contributed by atoms with Gasteiger partial charge in [0, 0.05) is 25.0 Å². The maximum Gasteiger partial charge on any atom is 0.259 e. The lowest BCUT2D eigenvalue weighted by Gasteiger charge is -2.33. The fourth-order valence-corrected chi connectivity index (χ4v) is 4.19. The fourth-order valence-electron chi connectivity index (χ4n) is 4.19. The van der Waals surface area contributed by atoms with Gasteiger partial charge in [0.2, 0.25) is 0 Å². The van der Waals surface area contributed by atoms with Gasteiger partial charge in [0.25, 0.3) is 5.91 Å². The summed E-state index contributed by atoms with van der Waals surface area (Å²) in [4.78, 5) is 19.4. The fraction of sp³-hybridized carbons (Fsp3) is 0.588. The second-order valence-corrected chi connectivity index (χ2v) is 6.55. The second kappa shape index (κ2) is 5.71. The SMILES string of the molecule is O=C(c1cnn2cccnc12)N1CCCC1C1CCCCC1. The van der Waals surface area contributed by atoms with E-state index in [4.69, 9.17) is 0 Å². The van der Waals surface area contributed by atoms with Gasteiger partial charge >= 0.3 is 0 Å². The first-order chi connectivity index (χ1) is 10.8. The summed E-state index contributed by atoms with van der Waals surface area (Å²) in [6.07, 6.45) is 14.1. The largest absolute Gasteiger partial charge is 0.335 e. The highest BCUT2D eigenvalue weighted by Crippen LogP contribution is 2.35. The summed E-state index contributed by atoms with van der Waals surface area (Å²) >= 11 is 0. The zero-order valence-corrected chi connectivity index (χ0v) is 12.8. The number of aromatic nitrogens is 3. The monoisotopic (exact) mass is 298 g/mol. The summed E-state index contributed by atoms with van der Waals surface area (Å²) in [5.74, 6) is 0.803. The molecule has 5 nitrogen and oxygen atoms in total. The molecule has 1 aliphatic heterocycles. The Kier molecular flexibility index (Phi) is 3.56. The van der Waals surface area contributed by atoms with E-state index in [-0.39, 0.29) is 5.91 Å². The zero-order chi connectivity index (χ0) is 14.9. The third-order valence-corrected chi connectivity index (χ3v) is 5.26. The maximum atomic E-state index is 13.0. The summed E-state index contributed by atoms with van der Waals surface area (Å²) in [5, 5.41) is 4.26. The van der Waals surface area contributed by atoms with Crippen LogP contribution in [0.1, 0.15) is 55.3 Å². The van der Waals surface area contributed by atoms with Gasteiger partial charge in [0.15, 0.2) is 5.65 Å². The number of hydrogen-bond donors (Lipinski definition) is 0. The predicted molar refractivity (Wildman–Crippen MR) is 83.6 cm³/mol. The van der Waals surface area contributed by atoms with Crippen LogP contribution < -0.4 is 0 Å². The molecule has 2 fully saturated rings. The van der Waals surface area contributed by atoms with Crippen LogP contribution >= 0.6 is 0 Å². The minimum Gasteiger partial charge on any atom is -0.335 e. The van der Waals surface area contributed by atoms with E-state index < -0.39 is 0 Å². The highest BCUT2D eigenvalue weighted by atomic mass is 16.2. The third-order valence-electron chi connectivity index (χ3n) is 5.26. The molecular formula is C17H22N4O. The van der Waals surface area contributed by atoms with Crippen LogP contribution in [0.25, 0.3) is 5.65 Å². The first-order valence-corrected chi connectivity index (χ1v) is 8.44. The number of likely N-dealkylation sites (tertiary alicyclic amines) is 1. The van der Waals surface area contributed by atoms with Crippen LogP contribution in [0, 0.1) is 5.92 Å². The lowest BCUT2D eigenvalue weighted by Crippen LogP contribution is -2.40. The smallest absolute Gasteiger partial charge is 0.259 e. The summed E-state index contributed by atoms with van der Waals surface area (Å²) in [5.41, 5.74) is 1.31. The average Bonchev–Trinajstić information content (AvgIpc) is 3.22. The van der Waals surface area contributed by atoms with Crippen molar-refractivity contribution in [3.05, 3.63) is 30.2 Å². The van der Waals surface area contributed by atoms with Crippen molar-refractivity contribution in [2.75, 3.05) is 6.54 Å². The molecule has 116 valence electrons. The number of nitrogens with zero attached hydrogens (tertiary/aromatic N) is 4. The van der Waals surface area contributed by atoms with Crippen molar-refractivity contribution in [1.29, 1.82) is 0 Å². The number of amides is 1. The van der Waals surface area contributed by atoms with E-state index in [2.05, 4.69) is 15.0 Å². The lowest BCUT2D eigenvalue weighted by molar-refractivity contribution is 0.0663. The van der Waals surface area contributed by atoms with E-state index in [1.54, 1.807) is 16.9 Å². The van der Waals surface area contributed by atoms with E-state index in [1.165, 1.54) is 32.1 Å². The Morgan fingerprint density at radius 1 is 1.14 bits per heavy atom. The Balaban J connectivity index is 1.61. The van der Waals surface area contributed by atoms with Crippen LogP contribution in [0.4, 0.5) is 0 Å². The molecule has 3 heterocycles. The molecule has 4 rings (SSSR count). The van der Waals surface area contributed by atoms with Gasteiger partial charge in [-0.15, -0.1) is 0 Å². The van der Waals surface area contributed by atoms with Crippen molar-refractivity contribution < 1.29 is 4.79 Å². The van der Waals surface area contributed by atoms with Gasteiger partial charge < -0.3 is 4.90 Å². The maximum absolute atomic E-state index is 13.0. The molecule has 2 aliphatic rings. The first kappa shape index (κ1) is 13.7. The Morgan fingerprint density at radius 2 is 2.00 bits per heavy atom. The summed E-state index contributed by atoms with van der Waals surface area (Å²) in [7, 11) is 0. The van der Waals surface area contributed by atoms with Gasteiger partial charge in [-0.2, -0.15) is 5.10 Å². The molecule has 0 radical (unpaired) electrons. The van der Waals surface area contributed by atoms with Gasteiger partial charge in [-0.3, -0.25) is 4.79 Å². The van der Waals surface area contributed by atoms with E-state index in [0.717, 1.165) is 19.4 Å². The van der Waals surface area contributed by atoms with Crippen LogP contribution in [-0.4, -0.2) is 38.0 Å². The molecule has 5 heteroatoms. The number of hydrogen-bond acceptors (Lipinski definition) is 3. The number of carbonyl (C=O) groups excluding carboxylic acids is 1. The molecule has 0 N–H and O–H groups in total. The normalized spacial score (nSPS) is 23.3. The van der Waals surface area contributed by atoms with Gasteiger partial charge in [0.1, 0.15) is 5.56 Å². The molecule has 1 amide bonds. The van der Waals surface area contributed by atoms with Crippen molar-refractivity contribution in [2.24, 2.45) is 5.92 Å². The molecule has 1 unspecified atom stereocenters. The molecule has 1 aliphatic carbocycles. The molecule has 0 aromatic carbocycles. The summed E-state index contributed by atoms with van der Waals surface area (Å²) < 4.78 is 1.68. The van der Waals surface area contributed by atoms with Crippen molar-refractivity contribution >= 4 is 11.6 Å². The van der Waals surface area contributed by atoms with Gasteiger partial charge in [-0.25, -0.2) is 9.50 Å². The van der Waals surface area contributed by atoms with Crippen LogP contribution in [-0.2, 0) is 0 Å². The number of fused-ring (bicyclic) bond motifs is 1. The van der Waals surface area contributed by atoms with Crippen LogP contribution in [0.5, 0.6) is 0 Å². The van der Waals surface area contributed by atoms with Crippen molar-refractivity contribution in [3.63, 3.8) is 0 Å². The predicted octanol–water partition coefficient (Wildman–Crippen LogP) is 2.91. The van der Waals surface area contributed by atoms with E-state index in [1.807, 2.05) is 12.3 Å². The Hall–Kier alpha value is -1.91. The number of rotatable bonds is 2. The summed E-state index contributed by atoms with van der Waals surface area (Å²) in [6, 6.07) is 2.25. The van der Waals surface area contributed by atoms with Gasteiger partial charge in [0.05, 0.1) is 6.20 Å². The molecule has 22 heavy (non-hydrogen) atoms. The molecule has 0 bridgehead atoms. The molecule has 1 saturated heterocycles. The van der Waals surface area contributed by atoms with Crippen LogP contribution in [0.15, 0.2) is 24.7 Å². The van der Waals surface area contributed by atoms with Crippen molar-refractivity contribution in [3.8, 4) is 0 Å². The van der Waals surface area contributed by atoms with Gasteiger partial charge in [-0.05, 0) is 37.7 Å². The molecule has 2 aromatic rings. The molecule has 2 aromatic heterocycles. The average molecular weight is 298 g/mol. The Morgan fingerprint density at radius 3 is 2.86 bits per heavy atom. The topological polar surface area (TPSA) is 50.5 Å². The van der Waals surface area contributed by atoms with Crippen LogP contribution in [0.3, 0.4) is 0 Å². The minimum absolute atomic E-state index is 0.113. The standard InChI is InChI=1S/C17H22N4O/c22-17(14-12-19-21-11-5-9-18-16(14)21)20-10-4-8-15(20)13-6-2-1-3-7-13/h5,9,11-13,15H,1-4,6-8,10H2. The second-order valence-electron chi connectivity index (χ2n) is 6.55. The number of carbonyl (C=O) groups is 1. The third kappa shape index (κ3) is 2.28. The first-order valence-electron chi connectivity index (χ1n) is 8.44. The van der Waals surface area contributed by atoms with Crippen LogP contribution in [0.2, 0.25) is 0 Å². The van der Waals surface area contributed by atoms with E-state index in [9.17, 15) is 4.79 Å². The summed E-state index contributed by atoms with van der Waals surface area (Å²) in [6.45, 7) is 0.879. The molecule has 1 atom stereocenters. The molecule has 0 spiro atoms. The minimum atomic E-state index is 0.113. The molecular weight excluding hydrogens is 276 g/mol. The van der Waals surface area contributed by atoms with Crippen molar-refractivity contribution in [2.45, 2.75) is 51.0 Å². The highest BCUT2D eigenvalue weighted by Gasteiger charge is 2.36. The van der Waals surface area contributed by atoms with Gasteiger partial charge in [-0.1, -0.05) is 19.3 Å². The lowest BCUT2D eigenvalue weighted by atomic mass is 9.83. The Bertz CT molecular complexity index is 674. The highest BCUT2D eigenvalue weighted by molar-refractivity contribution is 5.99. The van der Waals surface area contributed by atoms with E-state index >= 15 is 0 Å². The van der Waals surface area contributed by atoms with E-state index in [0.29, 0.717) is 23.2 Å². The molecule has 1 saturated carbocycles. The quantitative estimate of drug-likeness (QED) is 0.856. The Labute approximate surface area is 130 Å². The zero-order valence-electron chi connectivity index (χ0n) is 12.8.